The summed E-state index contributed by atoms with van der Waals surface area (Å²) in [6, 6.07) is 4.27. The van der Waals surface area contributed by atoms with E-state index in [1.54, 1.807) is 7.05 Å². The summed E-state index contributed by atoms with van der Waals surface area (Å²) < 4.78 is 38.5. The van der Waals surface area contributed by atoms with Crippen molar-refractivity contribution in [2.24, 2.45) is 10.9 Å². The molecule has 3 aliphatic rings. The molecule has 7 nitrogen and oxygen atoms in total. The summed E-state index contributed by atoms with van der Waals surface area (Å²) in [7, 11) is 1.77. The molecule has 3 fully saturated rings. The summed E-state index contributed by atoms with van der Waals surface area (Å²) in [5, 5.41) is 6.97. The molecule has 1 aromatic carbocycles. The monoisotopic (exact) mass is 437 g/mol. The van der Waals surface area contributed by atoms with Gasteiger partial charge in [0.05, 0.1) is 25.5 Å². The maximum Gasteiger partial charge on any atom is 0.191 e. The number of anilines is 1. The summed E-state index contributed by atoms with van der Waals surface area (Å²) >= 11 is 0. The van der Waals surface area contributed by atoms with E-state index in [1.807, 2.05) is 4.90 Å². The molecule has 3 saturated heterocycles. The maximum absolute atomic E-state index is 14.1. The Bertz CT molecular complexity index is 753. The van der Waals surface area contributed by atoms with Crippen LogP contribution >= 0.6 is 0 Å². The Labute approximate surface area is 182 Å². The number of nitrogens with one attached hydrogen (secondary N) is 2. The second-order valence-electron chi connectivity index (χ2n) is 8.46. The predicted molar refractivity (Wildman–Crippen MR) is 117 cm³/mol. The van der Waals surface area contributed by atoms with Gasteiger partial charge in [-0.25, -0.2) is 8.78 Å². The van der Waals surface area contributed by atoms with Gasteiger partial charge in [-0.15, -0.1) is 0 Å². The number of hydrogen-bond acceptors (Lipinski definition) is 5. The van der Waals surface area contributed by atoms with Gasteiger partial charge in [-0.05, 0) is 25.0 Å². The van der Waals surface area contributed by atoms with Crippen LogP contribution in [0, 0.1) is 17.6 Å². The van der Waals surface area contributed by atoms with Crippen LogP contribution in [0.2, 0.25) is 0 Å². The molecule has 0 spiro atoms. The number of guanidine groups is 1. The van der Waals surface area contributed by atoms with Gasteiger partial charge in [-0.3, -0.25) is 9.89 Å². The Morgan fingerprint density at radius 1 is 1.16 bits per heavy atom. The number of rotatable bonds is 6. The fourth-order valence-electron chi connectivity index (χ4n) is 4.78. The van der Waals surface area contributed by atoms with Crippen molar-refractivity contribution < 1.29 is 18.3 Å². The highest BCUT2D eigenvalue weighted by Gasteiger charge is 2.32. The summed E-state index contributed by atoms with van der Waals surface area (Å²) in [6.45, 7) is 7.21. The quantitative estimate of drug-likeness (QED) is 0.519. The molecule has 0 amide bonds. The summed E-state index contributed by atoms with van der Waals surface area (Å²) in [6.07, 6.45) is 1.94. The first-order valence-electron chi connectivity index (χ1n) is 11.2. The average molecular weight is 438 g/mol. The Kier molecular flexibility index (Phi) is 7.58. The molecule has 1 aromatic rings. The average Bonchev–Trinajstić information content (AvgIpc) is 3.46. The van der Waals surface area contributed by atoms with Gasteiger partial charge in [-0.2, -0.15) is 0 Å². The fraction of sp³-hybridized carbons (Fsp3) is 0.682. The molecule has 3 atom stereocenters. The van der Waals surface area contributed by atoms with Gasteiger partial charge in [0.15, 0.2) is 5.96 Å². The minimum atomic E-state index is -0.554. The molecule has 0 aliphatic carbocycles. The third-order valence-electron chi connectivity index (χ3n) is 6.51. The molecular weight excluding hydrogens is 404 g/mol. The molecule has 4 rings (SSSR count). The van der Waals surface area contributed by atoms with Crippen LogP contribution < -0.4 is 15.5 Å². The Morgan fingerprint density at radius 3 is 2.71 bits per heavy atom. The van der Waals surface area contributed by atoms with Crippen molar-refractivity contribution in [2.75, 3.05) is 71.1 Å². The predicted octanol–water partition coefficient (Wildman–Crippen LogP) is 1.45. The van der Waals surface area contributed by atoms with Crippen molar-refractivity contribution in [1.82, 2.24) is 15.5 Å². The van der Waals surface area contributed by atoms with E-state index in [0.29, 0.717) is 30.7 Å². The number of ether oxygens (including phenoxy) is 2. The van der Waals surface area contributed by atoms with Gasteiger partial charge in [0.25, 0.3) is 0 Å². The molecule has 9 heteroatoms. The van der Waals surface area contributed by atoms with E-state index >= 15 is 0 Å². The lowest BCUT2D eigenvalue weighted by atomic mass is 9.97. The standard InChI is InChI=1S/C22H33F2N5O2/c1-25-22(26-13-21(16-5-9-31-15-16)28-7-10-30-11-8-28)27-18-4-6-29(14-18)20-3-2-17(23)12-19(20)24/h2-3,12,16,18,21H,4-11,13-15H2,1H3,(H2,25,26,27). The van der Waals surface area contributed by atoms with E-state index in [0.717, 1.165) is 70.9 Å². The molecule has 0 bridgehead atoms. The highest BCUT2D eigenvalue weighted by molar-refractivity contribution is 5.80. The van der Waals surface area contributed by atoms with Gasteiger partial charge >= 0.3 is 0 Å². The van der Waals surface area contributed by atoms with Crippen molar-refractivity contribution in [3.05, 3.63) is 29.8 Å². The largest absolute Gasteiger partial charge is 0.381 e. The smallest absolute Gasteiger partial charge is 0.191 e. The first-order valence-corrected chi connectivity index (χ1v) is 11.2. The van der Waals surface area contributed by atoms with Crippen molar-refractivity contribution in [1.29, 1.82) is 0 Å². The van der Waals surface area contributed by atoms with E-state index in [-0.39, 0.29) is 6.04 Å². The Balaban J connectivity index is 1.31. The van der Waals surface area contributed by atoms with Crippen LogP contribution in [0.5, 0.6) is 0 Å². The number of morpholine rings is 1. The van der Waals surface area contributed by atoms with Crippen LogP contribution in [0.3, 0.4) is 0 Å². The normalized spacial score (nSPS) is 26.3. The minimum absolute atomic E-state index is 0.146. The summed E-state index contributed by atoms with van der Waals surface area (Å²) in [4.78, 5) is 8.85. The zero-order chi connectivity index (χ0) is 21.6. The second-order valence-corrected chi connectivity index (χ2v) is 8.46. The van der Waals surface area contributed by atoms with E-state index in [9.17, 15) is 8.78 Å². The van der Waals surface area contributed by atoms with Gasteiger partial charge in [0, 0.05) is 70.4 Å². The lowest BCUT2D eigenvalue weighted by molar-refractivity contribution is 0.00246. The first-order chi connectivity index (χ1) is 15.1. The van der Waals surface area contributed by atoms with Crippen LogP contribution in [0.25, 0.3) is 0 Å². The molecule has 0 aromatic heterocycles. The number of nitrogens with zero attached hydrogens (tertiary/aromatic N) is 3. The van der Waals surface area contributed by atoms with Gasteiger partial charge in [-0.1, -0.05) is 0 Å². The van der Waals surface area contributed by atoms with Crippen LogP contribution in [0.4, 0.5) is 14.5 Å². The third-order valence-corrected chi connectivity index (χ3v) is 6.51. The van der Waals surface area contributed by atoms with Crippen molar-refractivity contribution >= 4 is 11.6 Å². The van der Waals surface area contributed by atoms with E-state index in [2.05, 4.69) is 20.5 Å². The molecule has 3 unspecified atom stereocenters. The summed E-state index contributed by atoms with van der Waals surface area (Å²) in [5.41, 5.74) is 0.447. The maximum atomic E-state index is 14.1. The molecule has 0 radical (unpaired) electrons. The van der Waals surface area contributed by atoms with Gasteiger partial charge < -0.3 is 25.0 Å². The van der Waals surface area contributed by atoms with E-state index < -0.39 is 11.6 Å². The first kappa shape index (κ1) is 22.2. The Morgan fingerprint density at radius 2 is 2.00 bits per heavy atom. The van der Waals surface area contributed by atoms with Crippen LogP contribution in [0.1, 0.15) is 12.8 Å². The minimum Gasteiger partial charge on any atom is -0.381 e. The lowest BCUT2D eigenvalue weighted by Gasteiger charge is -2.37. The van der Waals surface area contributed by atoms with Crippen LogP contribution in [-0.4, -0.2) is 89.1 Å². The van der Waals surface area contributed by atoms with Crippen LogP contribution in [0.15, 0.2) is 23.2 Å². The van der Waals surface area contributed by atoms with Crippen LogP contribution in [-0.2, 0) is 9.47 Å². The molecule has 3 aliphatic heterocycles. The van der Waals surface area contributed by atoms with Gasteiger partial charge in [0.1, 0.15) is 11.6 Å². The fourth-order valence-corrected chi connectivity index (χ4v) is 4.78. The molecular formula is C22H33F2N5O2. The zero-order valence-corrected chi connectivity index (χ0v) is 18.2. The van der Waals surface area contributed by atoms with E-state index in [1.165, 1.54) is 12.1 Å². The summed E-state index contributed by atoms with van der Waals surface area (Å²) in [5.74, 6) is 0.188. The Hall–Kier alpha value is -1.97. The highest BCUT2D eigenvalue weighted by Crippen LogP contribution is 2.25. The zero-order valence-electron chi connectivity index (χ0n) is 18.2. The molecule has 2 N–H and O–H groups in total. The number of hydrogen-bond donors (Lipinski definition) is 2. The number of benzene rings is 1. The topological polar surface area (TPSA) is 61.4 Å². The number of aliphatic imine (C=N–C) groups is 1. The van der Waals surface area contributed by atoms with Gasteiger partial charge in [0.2, 0.25) is 0 Å². The van der Waals surface area contributed by atoms with Crippen molar-refractivity contribution in [3.8, 4) is 0 Å². The lowest BCUT2D eigenvalue weighted by Crippen LogP contribution is -2.54. The molecule has 3 heterocycles. The third kappa shape index (κ3) is 5.64. The highest BCUT2D eigenvalue weighted by atomic mass is 19.1. The number of halogens is 2. The molecule has 31 heavy (non-hydrogen) atoms. The van der Waals surface area contributed by atoms with Crippen molar-refractivity contribution in [3.63, 3.8) is 0 Å². The molecule has 172 valence electrons. The SMILES string of the molecule is CN=C(NCC(C1CCOC1)N1CCOCC1)NC1CCN(c2ccc(F)cc2F)C1. The second kappa shape index (κ2) is 10.6. The van der Waals surface area contributed by atoms with Crippen molar-refractivity contribution in [2.45, 2.75) is 24.9 Å². The van der Waals surface area contributed by atoms with E-state index in [4.69, 9.17) is 9.47 Å². The molecule has 0 saturated carbocycles.